The molecule has 0 aromatic carbocycles. The molecule has 5 nitrogen and oxygen atoms in total. The van der Waals surface area contributed by atoms with E-state index >= 15 is 0 Å². The van der Waals surface area contributed by atoms with Crippen LogP contribution in [0.5, 0.6) is 0 Å². The van der Waals surface area contributed by atoms with Crippen molar-refractivity contribution >= 4 is 17.0 Å². The lowest BCUT2D eigenvalue weighted by atomic mass is 10.0. The lowest BCUT2D eigenvalue weighted by molar-refractivity contribution is 0.545. The zero-order valence-corrected chi connectivity index (χ0v) is 10.4. The SMILES string of the molecule is c1cn2c(C3NCCc4sccc43)nnc2cn1. The maximum Gasteiger partial charge on any atom is 0.179 e. The molecule has 90 valence electrons. The summed E-state index contributed by atoms with van der Waals surface area (Å²) in [7, 11) is 0. The average Bonchev–Trinajstić information content (AvgIpc) is 3.05. The second-order valence-corrected chi connectivity index (χ2v) is 5.30. The lowest BCUT2D eigenvalue weighted by Gasteiger charge is -2.22. The van der Waals surface area contributed by atoms with Gasteiger partial charge in [0.15, 0.2) is 11.5 Å². The fourth-order valence-corrected chi connectivity index (χ4v) is 3.37. The van der Waals surface area contributed by atoms with Gasteiger partial charge in [0.2, 0.25) is 0 Å². The van der Waals surface area contributed by atoms with Gasteiger partial charge in [-0.15, -0.1) is 21.5 Å². The van der Waals surface area contributed by atoms with Gasteiger partial charge in [-0.25, -0.2) is 0 Å². The van der Waals surface area contributed by atoms with E-state index in [0.717, 1.165) is 24.4 Å². The van der Waals surface area contributed by atoms with Crippen LogP contribution in [-0.4, -0.2) is 26.1 Å². The van der Waals surface area contributed by atoms with Crippen LogP contribution in [0.25, 0.3) is 5.65 Å². The maximum absolute atomic E-state index is 4.31. The van der Waals surface area contributed by atoms with Crippen molar-refractivity contribution < 1.29 is 0 Å². The number of thiophene rings is 1. The molecule has 0 radical (unpaired) electrons. The molecule has 3 aromatic heterocycles. The number of aromatic nitrogens is 4. The third kappa shape index (κ3) is 1.39. The highest BCUT2D eigenvalue weighted by Gasteiger charge is 2.26. The molecule has 0 spiro atoms. The molecule has 6 heteroatoms. The van der Waals surface area contributed by atoms with Gasteiger partial charge in [-0.3, -0.25) is 9.38 Å². The van der Waals surface area contributed by atoms with Gasteiger partial charge < -0.3 is 5.32 Å². The number of nitrogens with one attached hydrogen (secondary N) is 1. The van der Waals surface area contributed by atoms with E-state index in [1.807, 2.05) is 21.9 Å². The van der Waals surface area contributed by atoms with Crippen molar-refractivity contribution in [3.05, 3.63) is 46.3 Å². The predicted molar refractivity (Wildman–Crippen MR) is 68.7 cm³/mol. The Labute approximate surface area is 108 Å². The van der Waals surface area contributed by atoms with Crippen molar-refractivity contribution in [2.75, 3.05) is 6.54 Å². The molecule has 1 unspecified atom stereocenters. The summed E-state index contributed by atoms with van der Waals surface area (Å²) >= 11 is 1.82. The molecule has 0 saturated heterocycles. The third-order valence-corrected chi connectivity index (χ3v) is 4.29. The first kappa shape index (κ1) is 10.2. The molecule has 4 rings (SSSR count). The normalized spacial score (nSPS) is 19.0. The average molecular weight is 257 g/mol. The zero-order valence-electron chi connectivity index (χ0n) is 9.58. The number of hydrogen-bond donors (Lipinski definition) is 1. The molecule has 0 saturated carbocycles. The highest BCUT2D eigenvalue weighted by Crippen LogP contribution is 2.31. The van der Waals surface area contributed by atoms with Crippen LogP contribution in [0, 0.1) is 0 Å². The standard InChI is InChI=1S/C12H11N5S/c1-3-14-11(8-2-6-18-9(1)8)12-16-15-10-7-13-4-5-17(10)12/h2,4-7,11,14H,1,3H2. The van der Waals surface area contributed by atoms with E-state index in [0.29, 0.717) is 0 Å². The summed E-state index contributed by atoms with van der Waals surface area (Å²) in [4.78, 5) is 5.51. The summed E-state index contributed by atoms with van der Waals surface area (Å²) < 4.78 is 2.00. The molecule has 0 fully saturated rings. The molecule has 1 aliphatic heterocycles. The highest BCUT2D eigenvalue weighted by molar-refractivity contribution is 7.10. The smallest absolute Gasteiger partial charge is 0.179 e. The van der Waals surface area contributed by atoms with Crippen LogP contribution in [0.2, 0.25) is 0 Å². The van der Waals surface area contributed by atoms with E-state index in [-0.39, 0.29) is 6.04 Å². The molecule has 0 aliphatic carbocycles. The van der Waals surface area contributed by atoms with Gasteiger partial charge in [0.25, 0.3) is 0 Å². The number of hydrogen-bond acceptors (Lipinski definition) is 5. The minimum absolute atomic E-state index is 0.136. The van der Waals surface area contributed by atoms with Gasteiger partial charge in [-0.2, -0.15) is 0 Å². The molecular formula is C12H11N5S. The molecule has 1 N–H and O–H groups in total. The Kier molecular flexibility index (Phi) is 2.18. The molecule has 1 aliphatic rings. The quantitative estimate of drug-likeness (QED) is 0.716. The van der Waals surface area contributed by atoms with Crippen LogP contribution in [0.3, 0.4) is 0 Å². The van der Waals surface area contributed by atoms with Crippen molar-refractivity contribution in [2.24, 2.45) is 0 Å². The second-order valence-electron chi connectivity index (χ2n) is 4.30. The monoisotopic (exact) mass is 257 g/mol. The summed E-state index contributed by atoms with van der Waals surface area (Å²) in [5, 5.41) is 14.1. The first-order valence-corrected chi connectivity index (χ1v) is 6.76. The topological polar surface area (TPSA) is 55.1 Å². The van der Waals surface area contributed by atoms with Crippen LogP contribution < -0.4 is 5.32 Å². The summed E-state index contributed by atoms with van der Waals surface area (Å²) in [6.07, 6.45) is 6.50. The Morgan fingerprint density at radius 2 is 2.39 bits per heavy atom. The molecule has 0 amide bonds. The van der Waals surface area contributed by atoms with Crippen molar-refractivity contribution in [2.45, 2.75) is 12.5 Å². The first-order valence-electron chi connectivity index (χ1n) is 5.88. The summed E-state index contributed by atoms with van der Waals surface area (Å²) in [6.45, 7) is 0.984. The third-order valence-electron chi connectivity index (χ3n) is 3.29. The molecule has 4 heterocycles. The summed E-state index contributed by atoms with van der Waals surface area (Å²) in [5.74, 6) is 0.937. The van der Waals surface area contributed by atoms with Crippen LogP contribution in [0.4, 0.5) is 0 Å². The van der Waals surface area contributed by atoms with E-state index in [9.17, 15) is 0 Å². The minimum atomic E-state index is 0.136. The second kappa shape index (κ2) is 3.86. The van der Waals surface area contributed by atoms with Crippen molar-refractivity contribution in [1.82, 2.24) is 24.9 Å². The molecule has 1 atom stereocenters. The highest BCUT2D eigenvalue weighted by atomic mass is 32.1. The van der Waals surface area contributed by atoms with Crippen molar-refractivity contribution in [3.8, 4) is 0 Å². The van der Waals surface area contributed by atoms with E-state index in [2.05, 4.69) is 31.9 Å². The zero-order chi connectivity index (χ0) is 11.9. The minimum Gasteiger partial charge on any atom is -0.303 e. The summed E-state index contributed by atoms with van der Waals surface area (Å²) in [6, 6.07) is 2.32. The van der Waals surface area contributed by atoms with Crippen LogP contribution >= 0.6 is 11.3 Å². The van der Waals surface area contributed by atoms with E-state index in [1.165, 1.54) is 10.4 Å². The van der Waals surface area contributed by atoms with Crippen molar-refractivity contribution in [1.29, 1.82) is 0 Å². The predicted octanol–water partition coefficient (Wildman–Crippen LogP) is 1.42. The fourth-order valence-electron chi connectivity index (χ4n) is 2.45. The Balaban J connectivity index is 1.90. The Morgan fingerprint density at radius 3 is 3.39 bits per heavy atom. The molecule has 0 bridgehead atoms. The van der Waals surface area contributed by atoms with Gasteiger partial charge in [0.1, 0.15) is 0 Å². The Hall–Kier alpha value is -1.79. The van der Waals surface area contributed by atoms with E-state index in [4.69, 9.17) is 0 Å². The number of nitrogens with zero attached hydrogens (tertiary/aromatic N) is 4. The van der Waals surface area contributed by atoms with Crippen LogP contribution in [0.1, 0.15) is 22.3 Å². The first-order chi connectivity index (χ1) is 8.93. The Morgan fingerprint density at radius 1 is 1.39 bits per heavy atom. The van der Waals surface area contributed by atoms with Gasteiger partial charge in [0.05, 0.1) is 12.2 Å². The van der Waals surface area contributed by atoms with Crippen LogP contribution in [0.15, 0.2) is 30.0 Å². The van der Waals surface area contributed by atoms with E-state index in [1.54, 1.807) is 12.4 Å². The molecular weight excluding hydrogens is 246 g/mol. The molecule has 3 aromatic rings. The van der Waals surface area contributed by atoms with Gasteiger partial charge >= 0.3 is 0 Å². The van der Waals surface area contributed by atoms with Crippen molar-refractivity contribution in [3.63, 3.8) is 0 Å². The maximum atomic E-state index is 4.31. The van der Waals surface area contributed by atoms with Gasteiger partial charge in [-0.1, -0.05) is 0 Å². The van der Waals surface area contributed by atoms with Gasteiger partial charge in [-0.05, 0) is 23.4 Å². The van der Waals surface area contributed by atoms with Gasteiger partial charge in [0, 0.05) is 23.8 Å². The number of fused-ring (bicyclic) bond motifs is 2. The number of rotatable bonds is 1. The molecule has 18 heavy (non-hydrogen) atoms. The van der Waals surface area contributed by atoms with Crippen LogP contribution in [-0.2, 0) is 6.42 Å². The lowest BCUT2D eigenvalue weighted by Crippen LogP contribution is -2.30. The largest absolute Gasteiger partial charge is 0.303 e. The Bertz CT molecular complexity index is 701. The van der Waals surface area contributed by atoms with E-state index < -0.39 is 0 Å². The summed E-state index contributed by atoms with van der Waals surface area (Å²) in [5.41, 5.74) is 2.12. The fraction of sp³-hybridized carbons (Fsp3) is 0.250.